The van der Waals surface area contributed by atoms with Crippen LogP contribution in [0.1, 0.15) is 18.5 Å². The van der Waals surface area contributed by atoms with Crippen molar-refractivity contribution in [2.24, 2.45) is 5.92 Å². The van der Waals surface area contributed by atoms with E-state index in [1.807, 2.05) is 30.7 Å². The van der Waals surface area contributed by atoms with Gasteiger partial charge in [-0.25, -0.2) is 4.98 Å². The second-order valence-corrected chi connectivity index (χ2v) is 5.28. The molecule has 116 valence electrons. The fourth-order valence-corrected chi connectivity index (χ4v) is 2.76. The molecule has 1 saturated heterocycles. The molecule has 1 N–H and O–H groups in total. The predicted octanol–water partition coefficient (Wildman–Crippen LogP) is 3.10. The van der Waals surface area contributed by atoms with Crippen molar-refractivity contribution in [3.05, 3.63) is 36.4 Å². The summed E-state index contributed by atoms with van der Waals surface area (Å²) in [7, 11) is 0. The Bertz CT molecular complexity index is 536. The Morgan fingerprint density at radius 1 is 1.29 bits per heavy atom. The average Bonchev–Trinajstić information content (AvgIpc) is 2.82. The highest BCUT2D eigenvalue weighted by atomic mass is 35.5. The largest absolute Gasteiger partial charge is 0.328 e. The third-order valence-electron chi connectivity index (χ3n) is 3.83. The van der Waals surface area contributed by atoms with E-state index >= 15 is 0 Å². The summed E-state index contributed by atoms with van der Waals surface area (Å²) in [6, 6.07) is 4.05. The van der Waals surface area contributed by atoms with Gasteiger partial charge in [0.1, 0.15) is 5.82 Å². The average molecular weight is 329 g/mol. The zero-order valence-electron chi connectivity index (χ0n) is 12.2. The first kappa shape index (κ1) is 18.0. The van der Waals surface area contributed by atoms with Crippen LogP contribution in [0.3, 0.4) is 0 Å². The molecule has 0 aliphatic carbocycles. The summed E-state index contributed by atoms with van der Waals surface area (Å²) >= 11 is 0. The van der Waals surface area contributed by atoms with Crippen molar-refractivity contribution in [3.8, 4) is 11.4 Å². The molecule has 0 bridgehead atoms. The Morgan fingerprint density at radius 3 is 2.71 bits per heavy atom. The Morgan fingerprint density at radius 2 is 2.05 bits per heavy atom. The van der Waals surface area contributed by atoms with Crippen LogP contribution in [0.2, 0.25) is 0 Å². The van der Waals surface area contributed by atoms with Gasteiger partial charge in [0.25, 0.3) is 0 Å². The number of halogens is 2. The predicted molar refractivity (Wildman–Crippen MR) is 90.3 cm³/mol. The normalized spacial score (nSPS) is 17.7. The van der Waals surface area contributed by atoms with Gasteiger partial charge in [0.05, 0.1) is 0 Å². The van der Waals surface area contributed by atoms with Crippen LogP contribution in [-0.4, -0.2) is 27.6 Å². The van der Waals surface area contributed by atoms with Crippen LogP contribution in [-0.2, 0) is 6.54 Å². The smallest absolute Gasteiger partial charge is 0.140 e. The van der Waals surface area contributed by atoms with Gasteiger partial charge >= 0.3 is 0 Å². The maximum atomic E-state index is 4.57. The number of pyridine rings is 1. The second kappa shape index (κ2) is 8.37. The molecular weight excluding hydrogens is 307 g/mol. The van der Waals surface area contributed by atoms with E-state index in [9.17, 15) is 0 Å². The van der Waals surface area contributed by atoms with Crippen molar-refractivity contribution in [2.45, 2.75) is 26.3 Å². The van der Waals surface area contributed by atoms with Crippen LogP contribution in [0.25, 0.3) is 11.4 Å². The van der Waals surface area contributed by atoms with Gasteiger partial charge in [-0.2, -0.15) is 0 Å². The molecule has 0 radical (unpaired) electrons. The molecule has 4 nitrogen and oxygen atoms in total. The van der Waals surface area contributed by atoms with Crippen LogP contribution in [0.15, 0.2) is 30.7 Å². The van der Waals surface area contributed by atoms with Crippen molar-refractivity contribution >= 4 is 24.8 Å². The van der Waals surface area contributed by atoms with Gasteiger partial charge in [-0.1, -0.05) is 0 Å². The topological polar surface area (TPSA) is 42.7 Å². The molecule has 3 rings (SSSR count). The minimum absolute atomic E-state index is 0. The van der Waals surface area contributed by atoms with Gasteiger partial charge in [0.15, 0.2) is 0 Å². The van der Waals surface area contributed by atoms with Gasteiger partial charge in [0.2, 0.25) is 0 Å². The van der Waals surface area contributed by atoms with Crippen molar-refractivity contribution in [3.63, 3.8) is 0 Å². The number of imidazole rings is 1. The van der Waals surface area contributed by atoms with Crippen LogP contribution >= 0.6 is 24.8 Å². The summed E-state index contributed by atoms with van der Waals surface area (Å²) in [6.07, 6.45) is 8.20. The van der Waals surface area contributed by atoms with E-state index in [2.05, 4.69) is 26.8 Å². The Kier molecular flexibility index (Phi) is 7.15. The van der Waals surface area contributed by atoms with E-state index in [0.717, 1.165) is 31.0 Å². The number of hydrogen-bond acceptors (Lipinski definition) is 3. The third-order valence-corrected chi connectivity index (χ3v) is 3.83. The molecule has 6 heteroatoms. The van der Waals surface area contributed by atoms with E-state index in [-0.39, 0.29) is 24.8 Å². The fraction of sp³-hybridized carbons (Fsp3) is 0.467. The summed E-state index contributed by atoms with van der Waals surface area (Å²) in [6.45, 7) is 5.47. The zero-order valence-corrected chi connectivity index (χ0v) is 13.8. The lowest BCUT2D eigenvalue weighted by atomic mass is 9.99. The number of nitrogens with one attached hydrogen (secondary N) is 1. The van der Waals surface area contributed by atoms with Gasteiger partial charge in [-0.3, -0.25) is 4.98 Å². The van der Waals surface area contributed by atoms with Crippen molar-refractivity contribution in [1.29, 1.82) is 0 Å². The molecule has 1 unspecified atom stereocenters. The quantitative estimate of drug-likeness (QED) is 0.941. The zero-order chi connectivity index (χ0) is 13.1. The Labute approximate surface area is 138 Å². The van der Waals surface area contributed by atoms with Crippen molar-refractivity contribution in [2.75, 3.05) is 13.1 Å². The minimum atomic E-state index is 0. The lowest BCUT2D eigenvalue weighted by molar-refractivity contribution is 0.336. The van der Waals surface area contributed by atoms with E-state index in [4.69, 9.17) is 0 Å². The fourth-order valence-electron chi connectivity index (χ4n) is 2.76. The first-order chi connectivity index (χ1) is 9.34. The number of aromatic nitrogens is 3. The van der Waals surface area contributed by atoms with Crippen molar-refractivity contribution < 1.29 is 0 Å². The SMILES string of the molecule is Cc1cnc(-c2ccncc2)n1CC1CCCNC1.Cl.Cl. The molecule has 1 aliphatic heterocycles. The summed E-state index contributed by atoms with van der Waals surface area (Å²) in [5, 5.41) is 3.48. The maximum Gasteiger partial charge on any atom is 0.140 e. The van der Waals surface area contributed by atoms with E-state index in [1.165, 1.54) is 18.5 Å². The molecule has 1 fully saturated rings. The molecule has 0 aromatic carbocycles. The van der Waals surface area contributed by atoms with Crippen LogP contribution in [0.5, 0.6) is 0 Å². The minimum Gasteiger partial charge on any atom is -0.328 e. The number of piperidine rings is 1. The van der Waals surface area contributed by atoms with Crippen LogP contribution in [0, 0.1) is 12.8 Å². The highest BCUT2D eigenvalue weighted by Gasteiger charge is 2.17. The molecule has 0 saturated carbocycles. The van der Waals surface area contributed by atoms with Crippen molar-refractivity contribution in [1.82, 2.24) is 19.9 Å². The molecule has 1 aliphatic rings. The molecular formula is C15H22Cl2N4. The number of nitrogens with zero attached hydrogens (tertiary/aromatic N) is 3. The molecule has 0 amide bonds. The van der Waals surface area contributed by atoms with E-state index < -0.39 is 0 Å². The standard InChI is InChI=1S/C15H20N4.2ClH/c1-12-9-18-15(14-4-7-16-8-5-14)19(12)11-13-3-2-6-17-10-13;;/h4-5,7-9,13,17H,2-3,6,10-11H2,1H3;2*1H. The number of rotatable bonds is 3. The highest BCUT2D eigenvalue weighted by Crippen LogP contribution is 2.22. The summed E-state index contributed by atoms with van der Waals surface area (Å²) in [5.41, 5.74) is 2.38. The molecule has 0 spiro atoms. The van der Waals surface area contributed by atoms with Gasteiger partial charge in [-0.15, -0.1) is 24.8 Å². The van der Waals surface area contributed by atoms with Crippen LogP contribution in [0.4, 0.5) is 0 Å². The molecule has 2 aromatic rings. The molecule has 21 heavy (non-hydrogen) atoms. The summed E-state index contributed by atoms with van der Waals surface area (Å²) in [4.78, 5) is 8.64. The van der Waals surface area contributed by atoms with Gasteiger partial charge < -0.3 is 9.88 Å². The number of hydrogen-bond donors (Lipinski definition) is 1. The van der Waals surface area contributed by atoms with E-state index in [0.29, 0.717) is 5.92 Å². The van der Waals surface area contributed by atoms with Crippen LogP contribution < -0.4 is 5.32 Å². The first-order valence-corrected chi connectivity index (χ1v) is 6.98. The Hall–Kier alpha value is -1.10. The van der Waals surface area contributed by atoms with E-state index in [1.54, 1.807) is 0 Å². The summed E-state index contributed by atoms with van der Waals surface area (Å²) < 4.78 is 2.34. The molecule has 1 atom stereocenters. The summed E-state index contributed by atoms with van der Waals surface area (Å²) in [5.74, 6) is 1.77. The monoisotopic (exact) mass is 328 g/mol. The highest BCUT2D eigenvalue weighted by molar-refractivity contribution is 5.85. The van der Waals surface area contributed by atoms with Gasteiger partial charge in [-0.05, 0) is 50.9 Å². The number of aryl methyl sites for hydroxylation is 1. The lowest BCUT2D eigenvalue weighted by Crippen LogP contribution is -2.32. The molecule has 3 heterocycles. The van der Waals surface area contributed by atoms with Gasteiger partial charge in [0, 0.05) is 36.4 Å². The second-order valence-electron chi connectivity index (χ2n) is 5.28. The maximum absolute atomic E-state index is 4.57. The third kappa shape index (κ3) is 4.19. The lowest BCUT2D eigenvalue weighted by Gasteiger charge is -2.24. The Balaban J connectivity index is 0.00000110. The first-order valence-electron chi connectivity index (χ1n) is 6.98. The molecule has 2 aromatic heterocycles.